The van der Waals surface area contributed by atoms with Crippen molar-refractivity contribution in [2.45, 2.75) is 13.8 Å². The zero-order chi connectivity index (χ0) is 15.1. The molecule has 21 heavy (non-hydrogen) atoms. The molecule has 0 aliphatic rings. The number of nitrogens with zero attached hydrogens (tertiary/aromatic N) is 1. The molecule has 0 radical (unpaired) electrons. The lowest BCUT2D eigenvalue weighted by Crippen LogP contribution is -2.04. The van der Waals surface area contributed by atoms with E-state index < -0.39 is 0 Å². The second kappa shape index (κ2) is 7.24. The van der Waals surface area contributed by atoms with Crippen molar-refractivity contribution in [2.24, 2.45) is 5.16 Å². The van der Waals surface area contributed by atoms with E-state index in [1.807, 2.05) is 37.3 Å². The molecule has 0 spiro atoms. The fourth-order valence-electron chi connectivity index (χ4n) is 1.72. The van der Waals surface area contributed by atoms with Gasteiger partial charge < -0.3 is 9.57 Å². The molecule has 4 nitrogen and oxygen atoms in total. The molecule has 0 aliphatic heterocycles. The van der Waals surface area contributed by atoms with Crippen LogP contribution in [0.2, 0.25) is 0 Å². The van der Waals surface area contributed by atoms with Gasteiger partial charge in [0.05, 0.1) is 17.9 Å². The maximum Gasteiger partial charge on any atom is 0.338 e. The summed E-state index contributed by atoms with van der Waals surface area (Å²) in [5, 5.41) is 4.08. The lowest BCUT2D eigenvalue weighted by atomic mass is 10.1. The molecule has 0 aromatic heterocycles. The van der Waals surface area contributed by atoms with Crippen LogP contribution < -0.4 is 4.84 Å². The first-order chi connectivity index (χ1) is 10.2. The van der Waals surface area contributed by atoms with Crippen LogP contribution in [0.5, 0.6) is 5.75 Å². The van der Waals surface area contributed by atoms with Gasteiger partial charge in [0.25, 0.3) is 0 Å². The average molecular weight is 283 g/mol. The van der Waals surface area contributed by atoms with Crippen molar-refractivity contribution < 1.29 is 14.4 Å². The van der Waals surface area contributed by atoms with E-state index >= 15 is 0 Å². The van der Waals surface area contributed by atoms with E-state index in [1.54, 1.807) is 31.2 Å². The van der Waals surface area contributed by atoms with Crippen molar-refractivity contribution in [1.29, 1.82) is 0 Å². The molecule has 0 atom stereocenters. The van der Waals surface area contributed by atoms with Crippen molar-refractivity contribution >= 4 is 11.7 Å². The third-order valence-corrected chi connectivity index (χ3v) is 2.84. The normalized spacial score (nSPS) is 11.0. The summed E-state index contributed by atoms with van der Waals surface area (Å²) >= 11 is 0. The van der Waals surface area contributed by atoms with Gasteiger partial charge in [-0.3, -0.25) is 0 Å². The van der Waals surface area contributed by atoms with E-state index in [4.69, 9.17) is 9.57 Å². The summed E-state index contributed by atoms with van der Waals surface area (Å²) < 4.78 is 4.92. The second-order valence-corrected chi connectivity index (χ2v) is 4.38. The van der Waals surface area contributed by atoms with E-state index in [2.05, 4.69) is 5.16 Å². The molecule has 2 aromatic carbocycles. The molecule has 0 saturated carbocycles. The number of hydrogen-bond acceptors (Lipinski definition) is 4. The SMILES string of the molecule is CCOC(=O)c1ccc(O/N=C(\C)c2ccccc2)cc1. The third-order valence-electron chi connectivity index (χ3n) is 2.84. The quantitative estimate of drug-likeness (QED) is 0.478. The number of carbonyl (C=O) groups is 1. The van der Waals surface area contributed by atoms with Crippen LogP contribution in [0.4, 0.5) is 0 Å². The topological polar surface area (TPSA) is 47.9 Å². The van der Waals surface area contributed by atoms with E-state index in [1.165, 1.54) is 0 Å². The molecule has 0 aliphatic carbocycles. The molecule has 2 aromatic rings. The summed E-state index contributed by atoms with van der Waals surface area (Å²) in [6.45, 7) is 4.01. The Kier molecular flexibility index (Phi) is 5.10. The Bertz CT molecular complexity index is 618. The second-order valence-electron chi connectivity index (χ2n) is 4.38. The Morgan fingerprint density at radius 1 is 1.00 bits per heavy atom. The van der Waals surface area contributed by atoms with Crippen molar-refractivity contribution in [3.8, 4) is 5.75 Å². The zero-order valence-corrected chi connectivity index (χ0v) is 12.1. The molecule has 0 fully saturated rings. The van der Waals surface area contributed by atoms with Crippen molar-refractivity contribution in [3.63, 3.8) is 0 Å². The average Bonchev–Trinajstić information content (AvgIpc) is 2.54. The molecule has 0 N–H and O–H groups in total. The van der Waals surface area contributed by atoms with E-state index in [0.29, 0.717) is 17.9 Å². The Labute approximate surface area is 124 Å². The zero-order valence-electron chi connectivity index (χ0n) is 12.1. The Morgan fingerprint density at radius 2 is 1.67 bits per heavy atom. The largest absolute Gasteiger partial charge is 0.462 e. The number of ether oxygens (including phenoxy) is 1. The van der Waals surface area contributed by atoms with Gasteiger partial charge in [-0.2, -0.15) is 0 Å². The first kappa shape index (κ1) is 14.8. The summed E-state index contributed by atoms with van der Waals surface area (Å²) in [5.74, 6) is 0.228. The first-order valence-electron chi connectivity index (χ1n) is 6.75. The highest BCUT2D eigenvalue weighted by Crippen LogP contribution is 2.14. The summed E-state index contributed by atoms with van der Waals surface area (Å²) in [6, 6.07) is 16.5. The molecule has 108 valence electrons. The molecule has 0 amide bonds. The van der Waals surface area contributed by atoms with Crippen LogP contribution in [0.15, 0.2) is 59.8 Å². The van der Waals surface area contributed by atoms with Crippen molar-refractivity contribution in [1.82, 2.24) is 0 Å². The molecular weight excluding hydrogens is 266 g/mol. The van der Waals surface area contributed by atoms with Gasteiger partial charge in [0, 0.05) is 0 Å². The number of esters is 1. The highest BCUT2D eigenvalue weighted by atomic mass is 16.6. The monoisotopic (exact) mass is 283 g/mol. The minimum atomic E-state index is -0.340. The third kappa shape index (κ3) is 4.18. The highest BCUT2D eigenvalue weighted by Gasteiger charge is 2.06. The number of benzene rings is 2. The molecule has 0 saturated heterocycles. The number of carbonyl (C=O) groups excluding carboxylic acids is 1. The van der Waals surface area contributed by atoms with Gasteiger partial charge >= 0.3 is 5.97 Å². The number of oxime groups is 1. The van der Waals surface area contributed by atoms with Crippen LogP contribution in [0.3, 0.4) is 0 Å². The van der Waals surface area contributed by atoms with E-state index in [-0.39, 0.29) is 5.97 Å². The Morgan fingerprint density at radius 3 is 2.29 bits per heavy atom. The fourth-order valence-corrected chi connectivity index (χ4v) is 1.72. The number of rotatable bonds is 5. The molecule has 0 bridgehead atoms. The molecule has 2 rings (SSSR count). The van der Waals surface area contributed by atoms with Gasteiger partial charge in [0.2, 0.25) is 0 Å². The van der Waals surface area contributed by atoms with Crippen molar-refractivity contribution in [2.75, 3.05) is 6.61 Å². The van der Waals surface area contributed by atoms with Crippen LogP contribution in [0.25, 0.3) is 0 Å². The lowest BCUT2D eigenvalue weighted by Gasteiger charge is -2.04. The Hall–Kier alpha value is -2.62. The van der Waals surface area contributed by atoms with Crippen LogP contribution in [0.1, 0.15) is 29.8 Å². The first-order valence-corrected chi connectivity index (χ1v) is 6.75. The minimum Gasteiger partial charge on any atom is -0.462 e. The van der Waals surface area contributed by atoms with Crippen LogP contribution >= 0.6 is 0 Å². The maximum absolute atomic E-state index is 11.5. The van der Waals surface area contributed by atoms with Crippen LogP contribution in [-0.2, 0) is 4.74 Å². The van der Waals surface area contributed by atoms with Crippen LogP contribution in [-0.4, -0.2) is 18.3 Å². The summed E-state index contributed by atoms with van der Waals surface area (Å²) in [4.78, 5) is 16.9. The van der Waals surface area contributed by atoms with Gasteiger partial charge in [-0.1, -0.05) is 35.5 Å². The predicted octanol–water partition coefficient (Wildman–Crippen LogP) is 3.67. The standard InChI is InChI=1S/C17H17NO3/c1-3-20-17(19)15-9-11-16(12-10-15)21-18-13(2)14-7-5-4-6-8-14/h4-12H,3H2,1-2H3/b18-13+. The van der Waals surface area contributed by atoms with Gasteiger partial charge in [-0.25, -0.2) is 4.79 Å². The Balaban J connectivity index is 2.02. The highest BCUT2D eigenvalue weighted by molar-refractivity contribution is 5.98. The molecule has 4 heteroatoms. The number of hydrogen-bond donors (Lipinski definition) is 0. The van der Waals surface area contributed by atoms with E-state index in [0.717, 1.165) is 11.3 Å². The molecule has 0 heterocycles. The smallest absolute Gasteiger partial charge is 0.338 e. The lowest BCUT2D eigenvalue weighted by molar-refractivity contribution is 0.0526. The van der Waals surface area contributed by atoms with Gasteiger partial charge in [-0.15, -0.1) is 0 Å². The minimum absolute atomic E-state index is 0.340. The molecule has 0 unspecified atom stereocenters. The summed E-state index contributed by atoms with van der Waals surface area (Å²) in [7, 11) is 0. The maximum atomic E-state index is 11.5. The summed E-state index contributed by atoms with van der Waals surface area (Å²) in [6.07, 6.45) is 0. The van der Waals surface area contributed by atoms with Gasteiger partial charge in [0.15, 0.2) is 5.75 Å². The van der Waals surface area contributed by atoms with Crippen LogP contribution in [0, 0.1) is 0 Å². The molecular formula is C17H17NO3. The van der Waals surface area contributed by atoms with Gasteiger partial charge in [0.1, 0.15) is 0 Å². The van der Waals surface area contributed by atoms with Crippen molar-refractivity contribution in [3.05, 3.63) is 65.7 Å². The van der Waals surface area contributed by atoms with E-state index in [9.17, 15) is 4.79 Å². The fraction of sp³-hybridized carbons (Fsp3) is 0.176. The summed E-state index contributed by atoms with van der Waals surface area (Å²) in [5.41, 5.74) is 2.28. The predicted molar refractivity (Wildman–Crippen MR) is 81.7 cm³/mol. The van der Waals surface area contributed by atoms with Gasteiger partial charge in [-0.05, 0) is 43.7 Å².